The molecule has 0 unspecified atom stereocenters. The minimum atomic E-state index is -0.330. The van der Waals surface area contributed by atoms with Gasteiger partial charge in [-0.1, -0.05) is 0 Å². The molecule has 0 bridgehead atoms. The van der Waals surface area contributed by atoms with Crippen molar-refractivity contribution in [3.05, 3.63) is 40.2 Å². The fraction of sp³-hybridized carbons (Fsp3) is 0.250. The Balaban J connectivity index is 2.60. The molecule has 0 atom stereocenters. The molecule has 98 valence electrons. The van der Waals surface area contributed by atoms with Crippen LogP contribution in [0.2, 0.25) is 0 Å². The molecule has 0 saturated heterocycles. The molecular formula is C12H12N4O3. The van der Waals surface area contributed by atoms with Gasteiger partial charge in [-0.2, -0.15) is 5.26 Å². The molecule has 0 amide bonds. The van der Waals surface area contributed by atoms with Crippen molar-refractivity contribution < 1.29 is 9.84 Å². The van der Waals surface area contributed by atoms with Crippen LogP contribution in [0.5, 0.6) is 5.75 Å². The van der Waals surface area contributed by atoms with Gasteiger partial charge in [-0.15, -0.1) is 0 Å². The van der Waals surface area contributed by atoms with E-state index in [0.717, 1.165) is 0 Å². The summed E-state index contributed by atoms with van der Waals surface area (Å²) in [7, 11) is 3.00. The van der Waals surface area contributed by atoms with E-state index >= 15 is 0 Å². The zero-order valence-corrected chi connectivity index (χ0v) is 10.5. The largest absolute Gasteiger partial charge is 0.495 e. The van der Waals surface area contributed by atoms with Crippen LogP contribution in [0.3, 0.4) is 0 Å². The molecule has 19 heavy (non-hydrogen) atoms. The number of hydrogen-bond donors (Lipinski definition) is 1. The molecule has 7 heteroatoms. The van der Waals surface area contributed by atoms with Gasteiger partial charge in [0.25, 0.3) is 0 Å². The number of aliphatic hydroxyl groups is 1. The van der Waals surface area contributed by atoms with E-state index in [1.807, 2.05) is 6.07 Å². The first-order valence-corrected chi connectivity index (χ1v) is 5.45. The minimum Gasteiger partial charge on any atom is -0.495 e. The fourth-order valence-corrected chi connectivity index (χ4v) is 1.70. The number of methoxy groups -OCH3 is 1. The summed E-state index contributed by atoms with van der Waals surface area (Å²) in [4.78, 5) is 16.0. The summed E-state index contributed by atoms with van der Waals surface area (Å²) in [6, 6.07) is 3.45. The molecule has 7 nitrogen and oxygen atoms in total. The van der Waals surface area contributed by atoms with Gasteiger partial charge in [-0.25, -0.2) is 9.78 Å². The third-order valence-electron chi connectivity index (χ3n) is 2.80. The quantitative estimate of drug-likeness (QED) is 0.834. The van der Waals surface area contributed by atoms with Gasteiger partial charge in [-0.3, -0.25) is 9.13 Å². The Morgan fingerprint density at radius 3 is 2.84 bits per heavy atom. The van der Waals surface area contributed by atoms with E-state index in [2.05, 4.69) is 4.98 Å². The predicted octanol–water partition coefficient (Wildman–Crippen LogP) is -0.0564. The summed E-state index contributed by atoms with van der Waals surface area (Å²) in [5, 5.41) is 18.0. The van der Waals surface area contributed by atoms with Crippen molar-refractivity contribution in [3.8, 4) is 17.6 Å². The Morgan fingerprint density at radius 2 is 2.32 bits per heavy atom. The van der Waals surface area contributed by atoms with Crippen LogP contribution >= 0.6 is 0 Å². The lowest BCUT2D eigenvalue weighted by Crippen LogP contribution is -2.22. The van der Waals surface area contributed by atoms with Gasteiger partial charge >= 0.3 is 5.69 Å². The standard InChI is InChI=1S/C12H12N4O3/c1-15-9(7-17)6-16(12(15)18)11-3-10(19-2)8(4-13)5-14-11/h3,5-6,17H,7H2,1-2H3. The first kappa shape index (κ1) is 12.9. The van der Waals surface area contributed by atoms with E-state index in [1.54, 1.807) is 7.05 Å². The molecule has 2 heterocycles. The second kappa shape index (κ2) is 4.96. The average Bonchev–Trinajstić information content (AvgIpc) is 2.74. The average molecular weight is 260 g/mol. The Kier molecular flexibility index (Phi) is 3.35. The number of nitrogens with zero attached hydrogens (tertiary/aromatic N) is 4. The Hall–Kier alpha value is -2.59. The molecular weight excluding hydrogens is 248 g/mol. The normalized spacial score (nSPS) is 10.2. The van der Waals surface area contributed by atoms with Crippen LogP contribution in [0, 0.1) is 11.3 Å². The topological polar surface area (TPSA) is 93.1 Å². The smallest absolute Gasteiger partial charge is 0.333 e. The second-order valence-electron chi connectivity index (χ2n) is 3.84. The summed E-state index contributed by atoms with van der Waals surface area (Å²) in [5.74, 6) is 0.671. The molecule has 0 radical (unpaired) electrons. The van der Waals surface area contributed by atoms with Gasteiger partial charge in [0.2, 0.25) is 0 Å². The third kappa shape index (κ3) is 2.09. The van der Waals surface area contributed by atoms with Crippen molar-refractivity contribution in [1.29, 1.82) is 5.26 Å². The van der Waals surface area contributed by atoms with Crippen LogP contribution < -0.4 is 10.4 Å². The molecule has 1 N–H and O–H groups in total. The molecule has 0 aliphatic heterocycles. The Morgan fingerprint density at radius 1 is 1.58 bits per heavy atom. The monoisotopic (exact) mass is 260 g/mol. The molecule has 0 aliphatic rings. The number of aliphatic hydroxyl groups excluding tert-OH is 1. The molecule has 2 aromatic rings. The highest BCUT2D eigenvalue weighted by Crippen LogP contribution is 2.18. The van der Waals surface area contributed by atoms with Gasteiger partial charge in [0.1, 0.15) is 23.2 Å². The van der Waals surface area contributed by atoms with E-state index in [4.69, 9.17) is 15.1 Å². The van der Waals surface area contributed by atoms with Gasteiger partial charge in [0, 0.05) is 19.3 Å². The fourth-order valence-electron chi connectivity index (χ4n) is 1.70. The van der Waals surface area contributed by atoms with Crippen molar-refractivity contribution in [2.45, 2.75) is 6.61 Å². The van der Waals surface area contributed by atoms with Crippen LogP contribution in [0.4, 0.5) is 0 Å². The highest BCUT2D eigenvalue weighted by Gasteiger charge is 2.12. The van der Waals surface area contributed by atoms with Crippen molar-refractivity contribution in [3.63, 3.8) is 0 Å². The first-order valence-electron chi connectivity index (χ1n) is 5.45. The van der Waals surface area contributed by atoms with Crippen molar-refractivity contribution in [2.24, 2.45) is 7.05 Å². The maximum atomic E-state index is 12.0. The van der Waals surface area contributed by atoms with Crippen LogP contribution in [-0.4, -0.2) is 26.3 Å². The van der Waals surface area contributed by atoms with Crippen molar-refractivity contribution >= 4 is 0 Å². The number of imidazole rings is 1. The first-order chi connectivity index (χ1) is 9.12. The van der Waals surface area contributed by atoms with Gasteiger partial charge in [0.15, 0.2) is 0 Å². The maximum Gasteiger partial charge on any atom is 0.333 e. The number of ether oxygens (including phenoxy) is 1. The van der Waals surface area contributed by atoms with Crippen LogP contribution in [0.25, 0.3) is 5.82 Å². The molecule has 2 rings (SSSR count). The van der Waals surface area contributed by atoms with Crippen molar-refractivity contribution in [2.75, 3.05) is 7.11 Å². The number of hydrogen-bond acceptors (Lipinski definition) is 5. The number of rotatable bonds is 3. The highest BCUT2D eigenvalue weighted by molar-refractivity contribution is 5.45. The van der Waals surface area contributed by atoms with Gasteiger partial charge in [0.05, 0.1) is 25.6 Å². The molecule has 0 aromatic carbocycles. The van der Waals surface area contributed by atoms with E-state index in [0.29, 0.717) is 17.3 Å². The molecule has 0 fully saturated rings. The van der Waals surface area contributed by atoms with E-state index in [1.165, 1.54) is 34.7 Å². The van der Waals surface area contributed by atoms with Crippen LogP contribution in [-0.2, 0) is 13.7 Å². The Labute approximate surface area is 108 Å². The summed E-state index contributed by atoms with van der Waals surface area (Å²) < 4.78 is 7.68. The minimum absolute atomic E-state index is 0.244. The van der Waals surface area contributed by atoms with E-state index < -0.39 is 0 Å². The molecule has 0 spiro atoms. The predicted molar refractivity (Wildman–Crippen MR) is 66.0 cm³/mol. The SMILES string of the molecule is COc1cc(-n2cc(CO)n(C)c2=O)ncc1C#N. The summed E-state index contributed by atoms with van der Waals surface area (Å²) >= 11 is 0. The molecule has 2 aromatic heterocycles. The third-order valence-corrected chi connectivity index (χ3v) is 2.80. The lowest BCUT2D eigenvalue weighted by atomic mass is 10.3. The summed E-state index contributed by atoms with van der Waals surface area (Å²) in [6.45, 7) is -0.244. The van der Waals surface area contributed by atoms with Gasteiger partial charge < -0.3 is 9.84 Å². The van der Waals surface area contributed by atoms with Crippen LogP contribution in [0.15, 0.2) is 23.3 Å². The highest BCUT2D eigenvalue weighted by atomic mass is 16.5. The summed E-state index contributed by atoms with van der Waals surface area (Å²) in [5.41, 5.74) is 0.427. The molecule has 0 aliphatic carbocycles. The second-order valence-corrected chi connectivity index (χ2v) is 3.84. The van der Waals surface area contributed by atoms with E-state index in [-0.39, 0.29) is 17.9 Å². The maximum absolute atomic E-state index is 12.0. The van der Waals surface area contributed by atoms with Gasteiger partial charge in [-0.05, 0) is 0 Å². The zero-order valence-electron chi connectivity index (χ0n) is 10.5. The Bertz CT molecular complexity index is 709. The van der Waals surface area contributed by atoms with Crippen molar-refractivity contribution in [1.82, 2.24) is 14.1 Å². The number of nitriles is 1. The lowest BCUT2D eigenvalue weighted by Gasteiger charge is -2.05. The number of aromatic nitrogens is 3. The summed E-state index contributed by atoms with van der Waals surface area (Å²) in [6.07, 6.45) is 2.84. The lowest BCUT2D eigenvalue weighted by molar-refractivity contribution is 0.272. The van der Waals surface area contributed by atoms with E-state index in [9.17, 15) is 4.79 Å². The molecule has 0 saturated carbocycles. The van der Waals surface area contributed by atoms with Crippen LogP contribution in [0.1, 0.15) is 11.3 Å². The number of pyridine rings is 1. The zero-order chi connectivity index (χ0) is 14.0.